The van der Waals surface area contributed by atoms with Gasteiger partial charge in [-0.15, -0.1) is 0 Å². The average Bonchev–Trinajstić information content (AvgIpc) is 2.84. The van der Waals surface area contributed by atoms with Crippen LogP contribution in [0, 0.1) is 0 Å². The van der Waals surface area contributed by atoms with Gasteiger partial charge in [0.2, 0.25) is 0 Å². The third-order valence-corrected chi connectivity index (χ3v) is 5.50. The normalized spacial score (nSPS) is 13.9. The molecule has 7 heteroatoms. The van der Waals surface area contributed by atoms with Crippen molar-refractivity contribution in [1.29, 1.82) is 0 Å². The highest BCUT2D eigenvalue weighted by Gasteiger charge is 2.42. The lowest BCUT2D eigenvalue weighted by atomic mass is 9.80. The molecule has 0 aliphatic heterocycles. The average molecular weight is 527 g/mol. The quantitative estimate of drug-likeness (QED) is 0.230. The fourth-order valence-electron chi connectivity index (χ4n) is 3.81. The predicted molar refractivity (Wildman–Crippen MR) is 148 cm³/mol. The summed E-state index contributed by atoms with van der Waals surface area (Å²) >= 11 is 0. The number of benzene rings is 2. The van der Waals surface area contributed by atoms with Gasteiger partial charge in [0.05, 0.1) is 12.5 Å². The lowest BCUT2D eigenvalue weighted by Crippen LogP contribution is -2.52. The van der Waals surface area contributed by atoms with Crippen molar-refractivity contribution in [2.75, 3.05) is 26.4 Å². The minimum absolute atomic E-state index is 0.0630. The first kappa shape index (κ1) is 30.9. The number of hydrogen-bond acceptors (Lipinski definition) is 7. The Bertz CT molecular complexity index is 971. The zero-order valence-electron chi connectivity index (χ0n) is 23.5. The molecule has 0 bridgehead atoms. The van der Waals surface area contributed by atoms with Gasteiger partial charge in [-0.3, -0.25) is 4.79 Å². The third-order valence-electron chi connectivity index (χ3n) is 5.50. The van der Waals surface area contributed by atoms with E-state index in [-0.39, 0.29) is 12.8 Å². The van der Waals surface area contributed by atoms with Crippen LogP contribution in [0.15, 0.2) is 72.2 Å². The van der Waals surface area contributed by atoms with Crippen LogP contribution in [-0.2, 0) is 27.1 Å². The summed E-state index contributed by atoms with van der Waals surface area (Å²) in [6.45, 7) is 12.4. The molecule has 0 amide bonds. The van der Waals surface area contributed by atoms with Gasteiger partial charge in [-0.05, 0) is 88.1 Å². The molecule has 0 fully saturated rings. The molecule has 0 aromatic heterocycles. The zero-order chi connectivity index (χ0) is 28.2. The van der Waals surface area contributed by atoms with Crippen molar-refractivity contribution < 1.29 is 34.0 Å². The largest absolute Gasteiger partial charge is 0.498 e. The molecular weight excluding hydrogens is 484 g/mol. The van der Waals surface area contributed by atoms with Gasteiger partial charge in [0.15, 0.2) is 5.78 Å². The lowest BCUT2D eigenvalue weighted by Gasteiger charge is -2.31. The maximum absolute atomic E-state index is 13.1. The molecule has 7 nitrogen and oxygen atoms in total. The highest BCUT2D eigenvalue weighted by molar-refractivity contribution is 5.94. The van der Waals surface area contributed by atoms with E-state index in [0.717, 1.165) is 22.3 Å². The van der Waals surface area contributed by atoms with E-state index < -0.39 is 17.0 Å². The van der Waals surface area contributed by atoms with E-state index in [1.165, 1.54) is 13.8 Å². The molecule has 208 valence electrons. The van der Waals surface area contributed by atoms with E-state index in [1.54, 1.807) is 61.1 Å². The molecule has 0 aliphatic carbocycles. The molecule has 2 atom stereocenters. The number of hydrogen-bond donors (Lipinski definition) is 2. The van der Waals surface area contributed by atoms with Crippen molar-refractivity contribution in [3.05, 3.63) is 83.3 Å². The Kier molecular flexibility index (Phi) is 11.9. The van der Waals surface area contributed by atoms with E-state index in [0.29, 0.717) is 37.9 Å². The summed E-state index contributed by atoms with van der Waals surface area (Å²) in [6.07, 6.45) is 3.50. The van der Waals surface area contributed by atoms with Gasteiger partial charge in [-0.2, -0.15) is 0 Å². The first-order valence-corrected chi connectivity index (χ1v) is 12.8. The smallest absolute Gasteiger partial charge is 0.195 e. The zero-order valence-corrected chi connectivity index (χ0v) is 23.5. The maximum Gasteiger partial charge on any atom is 0.195 e. The Balaban J connectivity index is 1.88. The number of rotatable bonds is 16. The van der Waals surface area contributed by atoms with Gasteiger partial charge in [-0.25, -0.2) is 0 Å². The fraction of sp³-hybridized carbons (Fsp3) is 0.452. The summed E-state index contributed by atoms with van der Waals surface area (Å²) < 4.78 is 22.0. The summed E-state index contributed by atoms with van der Waals surface area (Å²) in [7, 11) is 0. The molecule has 0 radical (unpaired) electrons. The third kappa shape index (κ3) is 11.0. The summed E-state index contributed by atoms with van der Waals surface area (Å²) in [5.41, 5.74) is 0.159. The van der Waals surface area contributed by atoms with Crippen LogP contribution in [0.5, 0.6) is 11.5 Å². The van der Waals surface area contributed by atoms with E-state index >= 15 is 0 Å². The van der Waals surface area contributed by atoms with Crippen molar-refractivity contribution in [3.8, 4) is 11.5 Å². The fourth-order valence-corrected chi connectivity index (χ4v) is 3.81. The van der Waals surface area contributed by atoms with Crippen LogP contribution in [0.4, 0.5) is 0 Å². The predicted octanol–water partition coefficient (Wildman–Crippen LogP) is 5.18. The van der Waals surface area contributed by atoms with Gasteiger partial charge >= 0.3 is 0 Å². The van der Waals surface area contributed by atoms with Gasteiger partial charge in [0, 0.05) is 12.8 Å². The topological polar surface area (TPSA) is 94.5 Å². The van der Waals surface area contributed by atoms with E-state index in [2.05, 4.69) is 0 Å². The molecule has 2 aromatic rings. The van der Waals surface area contributed by atoms with Crippen LogP contribution < -0.4 is 9.47 Å². The molecule has 0 spiro atoms. The number of ketones is 1. The minimum atomic E-state index is -1.75. The molecule has 0 saturated heterocycles. The molecule has 0 saturated carbocycles. The van der Waals surface area contributed by atoms with E-state index in [9.17, 15) is 15.0 Å². The summed E-state index contributed by atoms with van der Waals surface area (Å²) in [5.74, 6) is 0.694. The molecule has 2 rings (SSSR count). The number of ether oxygens (including phenoxy) is 4. The number of allylic oxidation sites excluding steroid dienone is 2. The Morgan fingerprint density at radius 2 is 1.00 bits per heavy atom. The molecule has 2 aromatic carbocycles. The van der Waals surface area contributed by atoms with Crippen LogP contribution in [0.3, 0.4) is 0 Å². The lowest BCUT2D eigenvalue weighted by molar-refractivity contribution is -0.153. The van der Waals surface area contributed by atoms with Crippen LogP contribution in [0.25, 0.3) is 0 Å². The number of carbonyl (C=O) groups is 1. The molecule has 2 unspecified atom stereocenters. The second kappa shape index (κ2) is 14.6. The van der Waals surface area contributed by atoms with E-state index in [4.69, 9.17) is 18.9 Å². The van der Waals surface area contributed by atoms with Crippen molar-refractivity contribution >= 4 is 5.78 Å². The molecule has 38 heavy (non-hydrogen) atoms. The maximum atomic E-state index is 13.1. The first-order valence-electron chi connectivity index (χ1n) is 12.8. The Labute approximate surface area is 226 Å². The standard InChI is InChI=1S/C31H42O7/c1-23(2)21-35-15-17-37-27-11-7-25(8-12-27)19-30(5,33)29(32)31(6,34)20-26-9-13-28(14-10-26)38-18-16-36-22-24(3)4/h7-14,21-22,33-34H,15-20H2,1-6H3. The molecular formula is C31H42O7. The van der Waals surface area contributed by atoms with Gasteiger partial charge in [0.1, 0.15) is 49.1 Å². The minimum Gasteiger partial charge on any atom is -0.498 e. The Morgan fingerprint density at radius 3 is 1.32 bits per heavy atom. The van der Waals surface area contributed by atoms with Crippen molar-refractivity contribution in [1.82, 2.24) is 0 Å². The highest BCUT2D eigenvalue weighted by atomic mass is 16.5. The van der Waals surface area contributed by atoms with Gasteiger partial charge in [-0.1, -0.05) is 24.3 Å². The van der Waals surface area contributed by atoms with E-state index in [1.807, 2.05) is 27.7 Å². The monoisotopic (exact) mass is 526 g/mol. The number of carbonyl (C=O) groups excluding carboxylic acids is 1. The first-order chi connectivity index (χ1) is 17.9. The number of Topliss-reactive ketones (excluding diaryl/α,β-unsaturated/α-hetero) is 1. The van der Waals surface area contributed by atoms with Crippen molar-refractivity contribution in [3.63, 3.8) is 0 Å². The van der Waals surface area contributed by atoms with Crippen LogP contribution in [0.2, 0.25) is 0 Å². The van der Waals surface area contributed by atoms with Crippen molar-refractivity contribution in [2.24, 2.45) is 0 Å². The molecule has 2 N–H and O–H groups in total. The van der Waals surface area contributed by atoms with Gasteiger partial charge < -0.3 is 29.2 Å². The molecule has 0 aliphatic rings. The second-order valence-electron chi connectivity index (χ2n) is 10.3. The van der Waals surface area contributed by atoms with Crippen LogP contribution >= 0.6 is 0 Å². The second-order valence-corrected chi connectivity index (χ2v) is 10.3. The number of aliphatic hydroxyl groups is 2. The SMILES string of the molecule is CC(C)=COCCOc1ccc(CC(C)(O)C(=O)C(C)(O)Cc2ccc(OCCOC=C(C)C)cc2)cc1. The Morgan fingerprint density at radius 1 is 0.658 bits per heavy atom. The Hall–Kier alpha value is -3.29. The molecule has 0 heterocycles. The summed E-state index contributed by atoms with van der Waals surface area (Å²) in [5, 5.41) is 22.0. The van der Waals surface area contributed by atoms with Crippen LogP contribution in [-0.4, -0.2) is 53.6 Å². The van der Waals surface area contributed by atoms with Crippen LogP contribution in [0.1, 0.15) is 52.7 Å². The summed E-state index contributed by atoms with van der Waals surface area (Å²) in [4.78, 5) is 13.1. The highest BCUT2D eigenvalue weighted by Crippen LogP contribution is 2.26. The van der Waals surface area contributed by atoms with Gasteiger partial charge in [0.25, 0.3) is 0 Å². The van der Waals surface area contributed by atoms with Crippen molar-refractivity contribution in [2.45, 2.75) is 65.6 Å². The summed E-state index contributed by atoms with van der Waals surface area (Å²) in [6, 6.07) is 14.3.